The first-order valence-corrected chi connectivity index (χ1v) is 6.80. The first-order chi connectivity index (χ1) is 8.69. The van der Waals surface area contributed by atoms with Crippen LogP contribution >= 0.6 is 0 Å². The molecule has 2 atom stereocenters. The van der Waals surface area contributed by atoms with E-state index < -0.39 is 12.7 Å². The molecule has 0 aromatic rings. The van der Waals surface area contributed by atoms with Gasteiger partial charge in [0.25, 0.3) is 0 Å². The summed E-state index contributed by atoms with van der Waals surface area (Å²) in [6.45, 7) is 2.60. The third-order valence-corrected chi connectivity index (χ3v) is 3.33. The van der Waals surface area contributed by atoms with Gasteiger partial charge in [-0.15, -0.1) is 0 Å². The highest BCUT2D eigenvalue weighted by Crippen LogP contribution is 2.27. The number of nitrogens with zero attached hydrogens (tertiary/aromatic N) is 1. The van der Waals surface area contributed by atoms with Gasteiger partial charge in [0.15, 0.2) is 0 Å². The van der Waals surface area contributed by atoms with Crippen molar-refractivity contribution in [3.8, 4) is 0 Å². The maximum atomic E-state index is 12.5. The minimum atomic E-state index is -4.35. The lowest BCUT2D eigenvalue weighted by Crippen LogP contribution is -2.46. The second-order valence-electron chi connectivity index (χ2n) is 5.85. The van der Waals surface area contributed by atoms with Crippen LogP contribution in [0.2, 0.25) is 0 Å². The molecule has 0 heterocycles. The minimum Gasteiger partial charge on any atom is -0.333 e. The summed E-state index contributed by atoms with van der Waals surface area (Å²) in [6.07, 6.45) is -1.52. The standard InChI is InChI=1S/C13H23F3N2O/c1-9(2)7-18(8-13(14,15)16)12(19)10-4-3-5-11(17)6-10/h9-11H,3-8,17H2,1-2H3. The SMILES string of the molecule is CC(C)CN(CC(F)(F)F)C(=O)C1CCCC(N)C1. The Kier molecular flexibility index (Phi) is 5.64. The van der Waals surface area contributed by atoms with Crippen molar-refractivity contribution in [3.05, 3.63) is 0 Å². The lowest BCUT2D eigenvalue weighted by atomic mass is 9.85. The predicted molar refractivity (Wildman–Crippen MR) is 67.4 cm³/mol. The number of alkyl halides is 3. The molecule has 1 saturated carbocycles. The van der Waals surface area contributed by atoms with E-state index >= 15 is 0 Å². The molecule has 112 valence electrons. The molecular weight excluding hydrogens is 257 g/mol. The molecule has 1 rings (SSSR count). The monoisotopic (exact) mass is 280 g/mol. The molecule has 6 heteroatoms. The average Bonchev–Trinajstić information content (AvgIpc) is 2.24. The van der Waals surface area contributed by atoms with Gasteiger partial charge in [-0.2, -0.15) is 13.2 Å². The van der Waals surface area contributed by atoms with Crippen molar-refractivity contribution in [2.45, 2.75) is 51.7 Å². The molecule has 1 fully saturated rings. The summed E-state index contributed by atoms with van der Waals surface area (Å²) in [7, 11) is 0. The van der Waals surface area contributed by atoms with Crippen molar-refractivity contribution in [1.29, 1.82) is 0 Å². The van der Waals surface area contributed by atoms with E-state index in [1.165, 1.54) is 0 Å². The number of hydrogen-bond donors (Lipinski definition) is 1. The molecule has 2 unspecified atom stereocenters. The van der Waals surface area contributed by atoms with Gasteiger partial charge in [0.1, 0.15) is 6.54 Å². The lowest BCUT2D eigenvalue weighted by Gasteiger charge is -2.32. The molecule has 1 aliphatic carbocycles. The van der Waals surface area contributed by atoms with Crippen molar-refractivity contribution in [2.75, 3.05) is 13.1 Å². The fourth-order valence-electron chi connectivity index (χ4n) is 2.60. The molecular formula is C13H23F3N2O. The van der Waals surface area contributed by atoms with Gasteiger partial charge in [0.2, 0.25) is 5.91 Å². The zero-order chi connectivity index (χ0) is 14.6. The number of hydrogen-bond acceptors (Lipinski definition) is 2. The summed E-state index contributed by atoms with van der Waals surface area (Å²) in [5, 5.41) is 0. The molecule has 0 aromatic heterocycles. The Labute approximate surface area is 112 Å². The summed E-state index contributed by atoms with van der Waals surface area (Å²) in [6, 6.07) is -0.0607. The van der Waals surface area contributed by atoms with Crippen LogP contribution in [0.15, 0.2) is 0 Å². The second-order valence-corrected chi connectivity index (χ2v) is 5.85. The highest BCUT2D eigenvalue weighted by atomic mass is 19.4. The summed E-state index contributed by atoms with van der Waals surface area (Å²) in [4.78, 5) is 13.2. The van der Waals surface area contributed by atoms with E-state index in [2.05, 4.69) is 0 Å². The Morgan fingerprint density at radius 1 is 1.37 bits per heavy atom. The summed E-state index contributed by atoms with van der Waals surface area (Å²) in [5.41, 5.74) is 5.80. The zero-order valence-corrected chi connectivity index (χ0v) is 11.5. The van der Waals surface area contributed by atoms with Crippen LogP contribution < -0.4 is 5.73 Å². The predicted octanol–water partition coefficient (Wildman–Crippen LogP) is 2.55. The van der Waals surface area contributed by atoms with Crippen LogP contribution in [0, 0.1) is 11.8 Å². The number of carbonyl (C=O) groups excluding carboxylic acids is 1. The Bertz CT molecular complexity index is 305. The van der Waals surface area contributed by atoms with E-state index in [9.17, 15) is 18.0 Å². The molecule has 0 spiro atoms. The number of amides is 1. The van der Waals surface area contributed by atoms with Crippen LogP contribution in [0.25, 0.3) is 0 Å². The largest absolute Gasteiger partial charge is 0.406 e. The van der Waals surface area contributed by atoms with E-state index in [0.29, 0.717) is 12.8 Å². The fourth-order valence-corrected chi connectivity index (χ4v) is 2.60. The first kappa shape index (κ1) is 16.3. The number of halogens is 3. The Balaban J connectivity index is 2.69. The number of carbonyl (C=O) groups is 1. The molecule has 0 aromatic carbocycles. The van der Waals surface area contributed by atoms with Gasteiger partial charge in [-0.3, -0.25) is 4.79 Å². The van der Waals surface area contributed by atoms with Crippen LogP contribution in [-0.2, 0) is 4.79 Å². The van der Waals surface area contributed by atoms with E-state index in [1.807, 2.05) is 13.8 Å². The van der Waals surface area contributed by atoms with Crippen LogP contribution in [0.3, 0.4) is 0 Å². The van der Waals surface area contributed by atoms with Crippen LogP contribution in [-0.4, -0.2) is 36.1 Å². The van der Waals surface area contributed by atoms with Gasteiger partial charge in [-0.1, -0.05) is 20.3 Å². The smallest absolute Gasteiger partial charge is 0.333 e. The topological polar surface area (TPSA) is 46.3 Å². The van der Waals surface area contributed by atoms with Gasteiger partial charge in [0, 0.05) is 18.5 Å². The van der Waals surface area contributed by atoms with Gasteiger partial charge in [-0.05, 0) is 25.2 Å². The Morgan fingerprint density at radius 3 is 2.47 bits per heavy atom. The highest BCUT2D eigenvalue weighted by Gasteiger charge is 2.36. The van der Waals surface area contributed by atoms with Crippen molar-refractivity contribution in [2.24, 2.45) is 17.6 Å². The maximum absolute atomic E-state index is 12.5. The quantitative estimate of drug-likeness (QED) is 0.860. The van der Waals surface area contributed by atoms with Crippen LogP contribution in [0.1, 0.15) is 39.5 Å². The van der Waals surface area contributed by atoms with E-state index in [4.69, 9.17) is 5.73 Å². The van der Waals surface area contributed by atoms with E-state index in [-0.39, 0.29) is 30.3 Å². The molecule has 1 aliphatic rings. The average molecular weight is 280 g/mol. The highest BCUT2D eigenvalue weighted by molar-refractivity contribution is 5.79. The maximum Gasteiger partial charge on any atom is 0.406 e. The summed E-state index contributed by atoms with van der Waals surface area (Å²) < 4.78 is 37.6. The van der Waals surface area contributed by atoms with Gasteiger partial charge < -0.3 is 10.6 Å². The van der Waals surface area contributed by atoms with Crippen LogP contribution in [0.4, 0.5) is 13.2 Å². The Morgan fingerprint density at radius 2 is 2.00 bits per heavy atom. The molecule has 0 saturated heterocycles. The number of rotatable bonds is 4. The second kappa shape index (κ2) is 6.59. The van der Waals surface area contributed by atoms with Crippen molar-refractivity contribution in [1.82, 2.24) is 4.90 Å². The number of nitrogens with two attached hydrogens (primary N) is 1. The molecule has 3 nitrogen and oxygen atoms in total. The third-order valence-electron chi connectivity index (χ3n) is 3.33. The molecule has 0 radical (unpaired) electrons. The van der Waals surface area contributed by atoms with E-state index in [0.717, 1.165) is 17.7 Å². The van der Waals surface area contributed by atoms with Crippen LogP contribution in [0.5, 0.6) is 0 Å². The summed E-state index contributed by atoms with van der Waals surface area (Å²) >= 11 is 0. The van der Waals surface area contributed by atoms with E-state index in [1.54, 1.807) is 0 Å². The van der Waals surface area contributed by atoms with Gasteiger partial charge in [0.05, 0.1) is 0 Å². The molecule has 2 N–H and O–H groups in total. The molecule has 0 bridgehead atoms. The summed E-state index contributed by atoms with van der Waals surface area (Å²) in [5.74, 6) is -0.713. The minimum absolute atomic E-state index is 0.0172. The zero-order valence-electron chi connectivity index (χ0n) is 11.5. The third kappa shape index (κ3) is 5.80. The lowest BCUT2D eigenvalue weighted by molar-refractivity contribution is -0.165. The molecule has 0 aliphatic heterocycles. The fraction of sp³-hybridized carbons (Fsp3) is 0.923. The van der Waals surface area contributed by atoms with Gasteiger partial charge >= 0.3 is 6.18 Å². The van der Waals surface area contributed by atoms with Crippen molar-refractivity contribution >= 4 is 5.91 Å². The van der Waals surface area contributed by atoms with Crippen molar-refractivity contribution < 1.29 is 18.0 Å². The van der Waals surface area contributed by atoms with Gasteiger partial charge in [-0.25, -0.2) is 0 Å². The Hall–Kier alpha value is -0.780. The first-order valence-electron chi connectivity index (χ1n) is 6.80. The normalized spacial score (nSPS) is 24.6. The van der Waals surface area contributed by atoms with Crippen molar-refractivity contribution in [3.63, 3.8) is 0 Å². The molecule has 1 amide bonds. The molecule has 19 heavy (non-hydrogen) atoms.